The van der Waals surface area contributed by atoms with E-state index in [2.05, 4.69) is 25.9 Å². The molecule has 0 aliphatic rings. The summed E-state index contributed by atoms with van der Waals surface area (Å²) in [5.74, 6) is 0.611. The molecule has 4 nitrogen and oxygen atoms in total. The van der Waals surface area contributed by atoms with E-state index in [1.807, 2.05) is 48.5 Å². The van der Waals surface area contributed by atoms with Gasteiger partial charge in [-0.3, -0.25) is 9.97 Å². The Hall–Kier alpha value is -2.63. The van der Waals surface area contributed by atoms with Crippen LogP contribution in [0, 0.1) is 0 Å². The summed E-state index contributed by atoms with van der Waals surface area (Å²) >= 11 is 10.1. The van der Waals surface area contributed by atoms with Gasteiger partial charge >= 0.3 is 0 Å². The van der Waals surface area contributed by atoms with Gasteiger partial charge in [0.2, 0.25) is 0 Å². The second kappa shape index (κ2) is 8.39. The molecule has 0 saturated carbocycles. The molecular formula is C23H18BrClN2O2. The van der Waals surface area contributed by atoms with Crippen LogP contribution in [0.25, 0.3) is 10.9 Å². The minimum Gasteiger partial charge on any atom is -0.505 e. The lowest BCUT2D eigenvalue weighted by atomic mass is 9.85. The van der Waals surface area contributed by atoms with Crippen LogP contribution in [0.1, 0.15) is 22.7 Å². The Kier molecular flexibility index (Phi) is 5.69. The van der Waals surface area contributed by atoms with E-state index in [-0.39, 0.29) is 11.7 Å². The zero-order valence-electron chi connectivity index (χ0n) is 15.6. The first-order chi connectivity index (χ1) is 14.1. The average Bonchev–Trinajstić information content (AvgIpc) is 2.75. The van der Waals surface area contributed by atoms with E-state index in [9.17, 15) is 5.11 Å². The van der Waals surface area contributed by atoms with E-state index in [0.29, 0.717) is 27.9 Å². The van der Waals surface area contributed by atoms with E-state index in [0.717, 1.165) is 21.5 Å². The predicted molar refractivity (Wildman–Crippen MR) is 119 cm³/mol. The number of hydrogen-bond donors (Lipinski definition) is 1. The Morgan fingerprint density at radius 2 is 1.86 bits per heavy atom. The van der Waals surface area contributed by atoms with E-state index in [1.165, 1.54) is 0 Å². The highest BCUT2D eigenvalue weighted by molar-refractivity contribution is 9.10. The molecule has 2 aromatic heterocycles. The number of phenolic OH excluding ortho intramolecular Hbond substituents is 1. The van der Waals surface area contributed by atoms with Crippen LogP contribution in [0.15, 0.2) is 71.5 Å². The Balaban J connectivity index is 1.95. The van der Waals surface area contributed by atoms with Crippen LogP contribution in [0.4, 0.5) is 0 Å². The van der Waals surface area contributed by atoms with Gasteiger partial charge in [0.15, 0.2) is 0 Å². The summed E-state index contributed by atoms with van der Waals surface area (Å²) < 4.78 is 6.55. The molecule has 0 radical (unpaired) electrons. The molecule has 1 N–H and O–H groups in total. The van der Waals surface area contributed by atoms with E-state index < -0.39 is 0 Å². The molecule has 0 aliphatic carbocycles. The molecule has 4 rings (SSSR count). The third-order valence-corrected chi connectivity index (χ3v) is 5.73. The molecule has 29 heavy (non-hydrogen) atoms. The molecule has 0 aliphatic heterocycles. The summed E-state index contributed by atoms with van der Waals surface area (Å²) in [7, 11) is 1.64. The van der Waals surface area contributed by atoms with Crippen molar-refractivity contribution in [1.29, 1.82) is 0 Å². The maximum Gasteiger partial charge on any atom is 0.145 e. The Morgan fingerprint density at radius 3 is 2.62 bits per heavy atom. The number of pyridine rings is 2. The van der Waals surface area contributed by atoms with Crippen LogP contribution in [0.2, 0.25) is 5.02 Å². The second-order valence-electron chi connectivity index (χ2n) is 6.66. The summed E-state index contributed by atoms with van der Waals surface area (Å²) in [6.07, 6.45) is 3.98. The molecule has 146 valence electrons. The Bertz CT molecular complexity index is 1170. The highest BCUT2D eigenvalue weighted by Crippen LogP contribution is 2.43. The summed E-state index contributed by atoms with van der Waals surface area (Å²) in [6.45, 7) is 0. The first-order valence-electron chi connectivity index (χ1n) is 9.08. The summed E-state index contributed by atoms with van der Waals surface area (Å²) in [5, 5.41) is 12.4. The van der Waals surface area contributed by atoms with Gasteiger partial charge in [-0.1, -0.05) is 33.6 Å². The lowest BCUT2D eigenvalue weighted by Crippen LogP contribution is -2.09. The van der Waals surface area contributed by atoms with Crippen molar-refractivity contribution in [2.45, 2.75) is 12.3 Å². The topological polar surface area (TPSA) is 55.2 Å². The lowest BCUT2D eigenvalue weighted by molar-refractivity contribution is 0.406. The highest BCUT2D eigenvalue weighted by Gasteiger charge is 2.25. The first-order valence-corrected chi connectivity index (χ1v) is 10.2. The largest absolute Gasteiger partial charge is 0.505 e. The van der Waals surface area contributed by atoms with Gasteiger partial charge in [0.25, 0.3) is 0 Å². The fourth-order valence-electron chi connectivity index (χ4n) is 3.56. The molecule has 0 amide bonds. The van der Waals surface area contributed by atoms with Gasteiger partial charge in [0.05, 0.1) is 12.1 Å². The van der Waals surface area contributed by atoms with Gasteiger partial charge in [-0.15, -0.1) is 0 Å². The maximum absolute atomic E-state index is 11.1. The van der Waals surface area contributed by atoms with E-state index in [4.69, 9.17) is 16.3 Å². The van der Waals surface area contributed by atoms with Crippen LogP contribution in [-0.4, -0.2) is 22.2 Å². The lowest BCUT2D eigenvalue weighted by Gasteiger charge is -2.22. The first kappa shape index (κ1) is 19.7. The van der Waals surface area contributed by atoms with Crippen molar-refractivity contribution in [2.24, 2.45) is 0 Å². The fourth-order valence-corrected chi connectivity index (χ4v) is 4.21. The van der Waals surface area contributed by atoms with Crippen molar-refractivity contribution < 1.29 is 9.84 Å². The van der Waals surface area contributed by atoms with E-state index >= 15 is 0 Å². The summed E-state index contributed by atoms with van der Waals surface area (Å²) in [6, 6.07) is 17.1. The van der Waals surface area contributed by atoms with Crippen molar-refractivity contribution >= 4 is 38.4 Å². The van der Waals surface area contributed by atoms with Crippen LogP contribution >= 0.6 is 27.5 Å². The van der Waals surface area contributed by atoms with Crippen molar-refractivity contribution in [3.05, 3.63) is 93.3 Å². The number of phenols is 1. The second-order valence-corrected chi connectivity index (χ2v) is 7.98. The Morgan fingerprint density at radius 1 is 1.03 bits per heavy atom. The van der Waals surface area contributed by atoms with Gasteiger partial charge in [-0.25, -0.2) is 0 Å². The number of rotatable bonds is 5. The number of nitrogens with zero attached hydrogens (tertiary/aromatic N) is 2. The number of fused-ring (bicyclic) bond motifs is 1. The van der Waals surface area contributed by atoms with Crippen LogP contribution in [-0.2, 0) is 6.42 Å². The average molecular weight is 470 g/mol. The van der Waals surface area contributed by atoms with Crippen LogP contribution in [0.5, 0.6) is 11.5 Å². The number of hydrogen-bond acceptors (Lipinski definition) is 4. The summed E-state index contributed by atoms with van der Waals surface area (Å²) in [4.78, 5) is 8.83. The molecular weight excluding hydrogens is 452 g/mol. The number of aromatic hydroxyl groups is 1. The summed E-state index contributed by atoms with van der Waals surface area (Å²) in [5.41, 5.74) is 2.99. The standard InChI is InChI=1S/C23H18BrClN2O2/c1-29-21-8-7-14(24)11-18(21)17(12-15-5-2-3-9-26-15)19-13-20(25)16-6-4-10-27-22(16)23(19)28/h2-11,13,17,28H,12H2,1H3. The third kappa shape index (κ3) is 3.93. The van der Waals surface area contributed by atoms with Crippen molar-refractivity contribution in [1.82, 2.24) is 9.97 Å². The number of ether oxygens (including phenoxy) is 1. The molecule has 4 aromatic rings. The maximum atomic E-state index is 11.1. The third-order valence-electron chi connectivity index (χ3n) is 4.93. The monoisotopic (exact) mass is 468 g/mol. The zero-order valence-corrected chi connectivity index (χ0v) is 18.0. The minimum absolute atomic E-state index is 0.118. The number of aromatic nitrogens is 2. The normalized spacial score (nSPS) is 12.1. The van der Waals surface area contributed by atoms with Gasteiger partial charge < -0.3 is 9.84 Å². The van der Waals surface area contributed by atoms with Gasteiger partial charge in [-0.2, -0.15) is 0 Å². The van der Waals surface area contributed by atoms with Gasteiger partial charge in [0.1, 0.15) is 17.0 Å². The minimum atomic E-state index is -0.235. The molecule has 0 bridgehead atoms. The zero-order chi connectivity index (χ0) is 20.4. The molecule has 0 saturated heterocycles. The SMILES string of the molecule is COc1ccc(Br)cc1C(Cc1ccccn1)c1cc(Cl)c2cccnc2c1O. The highest BCUT2D eigenvalue weighted by atomic mass is 79.9. The molecule has 1 atom stereocenters. The predicted octanol–water partition coefficient (Wildman–Crippen LogP) is 6.13. The van der Waals surface area contributed by atoms with Crippen molar-refractivity contribution in [2.75, 3.05) is 7.11 Å². The van der Waals surface area contributed by atoms with Gasteiger partial charge in [0, 0.05) is 51.4 Å². The van der Waals surface area contributed by atoms with Crippen molar-refractivity contribution in [3.63, 3.8) is 0 Å². The van der Waals surface area contributed by atoms with Crippen LogP contribution in [0.3, 0.4) is 0 Å². The number of benzene rings is 2. The molecule has 6 heteroatoms. The number of methoxy groups -OCH3 is 1. The van der Waals surface area contributed by atoms with Crippen LogP contribution < -0.4 is 4.74 Å². The Labute approximate surface area is 182 Å². The number of halogens is 2. The molecule has 0 fully saturated rings. The fraction of sp³-hybridized carbons (Fsp3) is 0.130. The van der Waals surface area contributed by atoms with Gasteiger partial charge in [-0.05, 0) is 48.5 Å². The molecule has 1 unspecified atom stereocenters. The molecule has 2 aromatic carbocycles. The van der Waals surface area contributed by atoms with E-state index in [1.54, 1.807) is 25.6 Å². The smallest absolute Gasteiger partial charge is 0.145 e. The molecule has 2 heterocycles. The molecule has 0 spiro atoms. The van der Waals surface area contributed by atoms with Crippen molar-refractivity contribution in [3.8, 4) is 11.5 Å². The quantitative estimate of drug-likeness (QED) is 0.382.